The number of fused-ring (bicyclic) bond motifs is 3. The molecule has 0 fully saturated rings. The monoisotopic (exact) mass is 442 g/mol. The number of halogens is 1. The molecule has 5 nitrogen and oxygen atoms in total. The van der Waals surface area contributed by atoms with Gasteiger partial charge in [0.15, 0.2) is 10.6 Å². The summed E-state index contributed by atoms with van der Waals surface area (Å²) in [5, 5.41) is 0.806. The lowest BCUT2D eigenvalue weighted by Crippen LogP contribution is -2.29. The molecule has 0 unspecified atom stereocenters. The number of carbonyl (C=O) groups is 1. The van der Waals surface area contributed by atoms with Crippen LogP contribution in [0.15, 0.2) is 75.9 Å². The molecule has 1 aliphatic heterocycles. The molecule has 32 heavy (non-hydrogen) atoms. The molecule has 3 heterocycles. The highest BCUT2D eigenvalue weighted by molar-refractivity contribution is 7.22. The Hall–Kier alpha value is -3.84. The van der Waals surface area contributed by atoms with Crippen LogP contribution in [0.25, 0.3) is 21.2 Å². The van der Waals surface area contributed by atoms with Crippen molar-refractivity contribution in [3.63, 3.8) is 0 Å². The molecule has 0 saturated heterocycles. The predicted octanol–water partition coefficient (Wildman–Crippen LogP) is 5.60. The van der Waals surface area contributed by atoms with Crippen LogP contribution in [0.1, 0.15) is 33.3 Å². The van der Waals surface area contributed by atoms with Gasteiger partial charge in [-0.3, -0.25) is 14.5 Å². The average Bonchev–Trinajstić information content (AvgIpc) is 3.33. The fourth-order valence-electron chi connectivity index (χ4n) is 4.17. The van der Waals surface area contributed by atoms with Crippen LogP contribution in [0, 0.1) is 12.7 Å². The maximum absolute atomic E-state index is 13.7. The van der Waals surface area contributed by atoms with Gasteiger partial charge < -0.3 is 4.42 Å². The van der Waals surface area contributed by atoms with E-state index in [2.05, 4.69) is 4.98 Å². The number of aromatic nitrogens is 1. The van der Waals surface area contributed by atoms with E-state index in [1.54, 1.807) is 30.3 Å². The number of para-hydroxylation sites is 1. The zero-order valence-corrected chi connectivity index (χ0v) is 17.7. The third kappa shape index (κ3) is 2.71. The van der Waals surface area contributed by atoms with Crippen LogP contribution in [0.3, 0.4) is 0 Å². The molecule has 5 aromatic rings. The molecule has 2 aromatic heterocycles. The van der Waals surface area contributed by atoms with E-state index in [1.807, 2.05) is 31.2 Å². The molecule has 6 rings (SSSR count). The largest absolute Gasteiger partial charge is 0.450 e. The lowest BCUT2D eigenvalue weighted by atomic mass is 9.98. The first-order valence-electron chi connectivity index (χ1n) is 10.0. The minimum absolute atomic E-state index is 0.0183. The number of hydrogen-bond donors (Lipinski definition) is 0. The summed E-state index contributed by atoms with van der Waals surface area (Å²) in [7, 11) is 0. The van der Waals surface area contributed by atoms with E-state index in [-0.39, 0.29) is 17.0 Å². The van der Waals surface area contributed by atoms with Crippen molar-refractivity contribution in [3.05, 3.63) is 105 Å². The normalized spacial score (nSPS) is 15.6. The number of carbonyl (C=O) groups excluding carboxylic acids is 1. The van der Waals surface area contributed by atoms with Crippen LogP contribution in [-0.4, -0.2) is 10.9 Å². The fourth-order valence-corrected chi connectivity index (χ4v) is 5.19. The molecule has 0 radical (unpaired) electrons. The summed E-state index contributed by atoms with van der Waals surface area (Å²) in [5.74, 6) is -0.792. The third-order valence-electron chi connectivity index (χ3n) is 5.72. The highest BCUT2D eigenvalue weighted by atomic mass is 32.1. The van der Waals surface area contributed by atoms with E-state index in [4.69, 9.17) is 4.42 Å². The third-order valence-corrected chi connectivity index (χ3v) is 6.73. The number of rotatable bonds is 2. The molecular weight excluding hydrogens is 427 g/mol. The van der Waals surface area contributed by atoms with Gasteiger partial charge in [0.25, 0.3) is 5.91 Å². The van der Waals surface area contributed by atoms with Gasteiger partial charge in [0.1, 0.15) is 11.4 Å². The Morgan fingerprint density at radius 1 is 1.03 bits per heavy atom. The summed E-state index contributed by atoms with van der Waals surface area (Å²) in [6.45, 7) is 1.97. The molecular formula is C25H15FN2O3S. The first-order chi connectivity index (χ1) is 15.5. The summed E-state index contributed by atoms with van der Waals surface area (Å²) >= 11 is 1.21. The molecule has 7 heteroatoms. The molecule has 1 amide bonds. The second kappa shape index (κ2) is 6.83. The Morgan fingerprint density at radius 2 is 1.81 bits per heavy atom. The standard InChI is InChI=1S/C25H15FN2O3S/c1-13-6-8-14(9-7-13)21-20-22(29)16-4-2-3-5-18(16)31-23(20)24(30)28(21)25-27-17-11-10-15(26)12-19(17)32-25/h2-12,21H,1H3/t21-/m0/s1. The molecule has 0 bridgehead atoms. The maximum atomic E-state index is 13.7. The number of nitrogens with zero attached hydrogens (tertiary/aromatic N) is 2. The average molecular weight is 442 g/mol. The van der Waals surface area contributed by atoms with Gasteiger partial charge in [-0.25, -0.2) is 9.37 Å². The SMILES string of the molecule is Cc1ccc([C@H]2c3c(oc4ccccc4c3=O)C(=O)N2c2nc3ccc(F)cc3s2)cc1. The smallest absolute Gasteiger partial charge is 0.297 e. The Labute approximate surface area is 185 Å². The topological polar surface area (TPSA) is 63.4 Å². The number of anilines is 1. The first kappa shape index (κ1) is 18.9. The van der Waals surface area contributed by atoms with E-state index in [1.165, 1.54) is 28.4 Å². The van der Waals surface area contributed by atoms with Crippen LogP contribution < -0.4 is 10.3 Å². The minimum atomic E-state index is -0.690. The van der Waals surface area contributed by atoms with Crippen molar-refractivity contribution in [1.82, 2.24) is 4.98 Å². The van der Waals surface area contributed by atoms with Gasteiger partial charge in [-0.1, -0.05) is 53.3 Å². The van der Waals surface area contributed by atoms with Crippen molar-refractivity contribution in [2.45, 2.75) is 13.0 Å². The van der Waals surface area contributed by atoms with Crippen molar-refractivity contribution in [1.29, 1.82) is 0 Å². The summed E-state index contributed by atoms with van der Waals surface area (Å²) in [6, 6.07) is 18.2. The summed E-state index contributed by atoms with van der Waals surface area (Å²) in [6.07, 6.45) is 0. The molecule has 156 valence electrons. The van der Waals surface area contributed by atoms with E-state index >= 15 is 0 Å². The van der Waals surface area contributed by atoms with Gasteiger partial charge in [0.05, 0.1) is 27.2 Å². The lowest BCUT2D eigenvalue weighted by Gasteiger charge is -2.22. The Bertz CT molecular complexity index is 1600. The Kier molecular flexibility index (Phi) is 4.03. The van der Waals surface area contributed by atoms with Crippen LogP contribution >= 0.6 is 11.3 Å². The second-order valence-corrected chi connectivity index (χ2v) is 8.78. The van der Waals surface area contributed by atoms with Crippen molar-refractivity contribution in [3.8, 4) is 0 Å². The minimum Gasteiger partial charge on any atom is -0.450 e. The highest BCUT2D eigenvalue weighted by Gasteiger charge is 2.44. The van der Waals surface area contributed by atoms with Crippen LogP contribution in [0.2, 0.25) is 0 Å². The number of amides is 1. The fraction of sp³-hybridized carbons (Fsp3) is 0.0800. The maximum Gasteiger partial charge on any atom is 0.297 e. The van der Waals surface area contributed by atoms with Gasteiger partial charge >= 0.3 is 0 Å². The molecule has 1 atom stereocenters. The molecule has 0 spiro atoms. The molecule has 1 aliphatic rings. The van der Waals surface area contributed by atoms with Crippen molar-refractivity contribution >= 4 is 43.6 Å². The Balaban J connectivity index is 1.64. The zero-order valence-electron chi connectivity index (χ0n) is 16.8. The number of hydrogen-bond acceptors (Lipinski definition) is 5. The lowest BCUT2D eigenvalue weighted by molar-refractivity contribution is 0.0971. The van der Waals surface area contributed by atoms with Gasteiger partial charge in [0, 0.05) is 0 Å². The highest BCUT2D eigenvalue weighted by Crippen LogP contribution is 2.43. The molecule has 0 aliphatic carbocycles. The van der Waals surface area contributed by atoms with Crippen molar-refractivity contribution in [2.24, 2.45) is 0 Å². The van der Waals surface area contributed by atoms with E-state index in [9.17, 15) is 14.0 Å². The van der Waals surface area contributed by atoms with E-state index in [0.29, 0.717) is 31.9 Å². The van der Waals surface area contributed by atoms with E-state index < -0.39 is 11.9 Å². The van der Waals surface area contributed by atoms with Crippen LogP contribution in [0.4, 0.5) is 9.52 Å². The van der Waals surface area contributed by atoms with Gasteiger partial charge in [-0.05, 0) is 42.8 Å². The summed E-state index contributed by atoms with van der Waals surface area (Å²) in [5.41, 5.74) is 2.84. The van der Waals surface area contributed by atoms with Gasteiger partial charge in [-0.15, -0.1) is 0 Å². The summed E-state index contributed by atoms with van der Waals surface area (Å²) in [4.78, 5) is 33.1. The predicted molar refractivity (Wildman–Crippen MR) is 122 cm³/mol. The van der Waals surface area contributed by atoms with Gasteiger partial charge in [0.2, 0.25) is 5.76 Å². The Morgan fingerprint density at radius 3 is 2.62 bits per heavy atom. The quantitative estimate of drug-likeness (QED) is 0.357. The second-order valence-electron chi connectivity index (χ2n) is 7.77. The molecule has 0 N–H and O–H groups in total. The number of thiazole rings is 1. The molecule has 0 saturated carbocycles. The zero-order chi connectivity index (χ0) is 22.0. The number of aryl methyl sites for hydroxylation is 1. The summed E-state index contributed by atoms with van der Waals surface area (Å²) < 4.78 is 20.3. The van der Waals surface area contributed by atoms with E-state index in [0.717, 1.165) is 11.1 Å². The van der Waals surface area contributed by atoms with Crippen molar-refractivity contribution in [2.75, 3.05) is 4.90 Å². The first-order valence-corrected chi connectivity index (χ1v) is 10.8. The van der Waals surface area contributed by atoms with Crippen LogP contribution in [0.5, 0.6) is 0 Å². The number of benzene rings is 3. The van der Waals surface area contributed by atoms with Crippen LogP contribution in [-0.2, 0) is 0 Å². The van der Waals surface area contributed by atoms with Crippen molar-refractivity contribution < 1.29 is 13.6 Å². The van der Waals surface area contributed by atoms with Gasteiger partial charge in [-0.2, -0.15) is 0 Å². The molecule has 3 aromatic carbocycles.